The van der Waals surface area contributed by atoms with Crippen molar-refractivity contribution in [3.63, 3.8) is 0 Å². The van der Waals surface area contributed by atoms with Gasteiger partial charge in [-0.05, 0) is 49.1 Å². The van der Waals surface area contributed by atoms with E-state index in [-0.39, 0.29) is 30.8 Å². The summed E-state index contributed by atoms with van der Waals surface area (Å²) in [5.74, 6) is -0.0915. The fourth-order valence-electron chi connectivity index (χ4n) is 4.23. The monoisotopic (exact) mass is 445 g/mol. The first-order chi connectivity index (χ1) is 15.9. The summed E-state index contributed by atoms with van der Waals surface area (Å²) in [6, 6.07) is 17.9. The summed E-state index contributed by atoms with van der Waals surface area (Å²) in [6.45, 7) is 4.06. The van der Waals surface area contributed by atoms with Gasteiger partial charge >= 0.3 is 0 Å². The third-order valence-corrected chi connectivity index (χ3v) is 5.95. The fraction of sp³-hybridized carbons (Fsp3) is 0.269. The van der Waals surface area contributed by atoms with Gasteiger partial charge in [0.2, 0.25) is 11.8 Å². The number of rotatable bonds is 8. The van der Waals surface area contributed by atoms with Gasteiger partial charge in [-0.2, -0.15) is 0 Å². The van der Waals surface area contributed by atoms with Gasteiger partial charge in [0.1, 0.15) is 18.3 Å². The molecule has 0 saturated heterocycles. The van der Waals surface area contributed by atoms with Gasteiger partial charge in [-0.25, -0.2) is 0 Å². The lowest BCUT2D eigenvalue weighted by molar-refractivity contribution is -0.139. The van der Waals surface area contributed by atoms with Crippen LogP contribution in [0.4, 0.5) is 5.69 Å². The normalized spacial score (nSPS) is 13.2. The number of amides is 3. The molecule has 0 fully saturated rings. The molecule has 1 aliphatic heterocycles. The van der Waals surface area contributed by atoms with Gasteiger partial charge in [-0.3, -0.25) is 19.3 Å². The summed E-state index contributed by atoms with van der Waals surface area (Å²) in [4.78, 5) is 42.3. The minimum absolute atomic E-state index is 0.152. The highest BCUT2D eigenvalue weighted by atomic mass is 16.5. The third kappa shape index (κ3) is 4.26. The van der Waals surface area contributed by atoms with Crippen LogP contribution in [0.2, 0.25) is 0 Å². The minimum Gasteiger partial charge on any atom is -0.497 e. The Hall–Kier alpha value is -3.87. The van der Waals surface area contributed by atoms with Crippen molar-refractivity contribution in [3.8, 4) is 5.75 Å². The maximum atomic E-state index is 13.5. The van der Waals surface area contributed by atoms with Crippen molar-refractivity contribution < 1.29 is 19.1 Å². The van der Waals surface area contributed by atoms with E-state index in [0.29, 0.717) is 23.5 Å². The van der Waals surface area contributed by atoms with Crippen LogP contribution in [0.15, 0.2) is 60.7 Å². The first-order valence-electron chi connectivity index (χ1n) is 11.0. The topological polar surface area (TPSA) is 79.0 Å². The van der Waals surface area contributed by atoms with Gasteiger partial charge in [0, 0.05) is 24.0 Å². The van der Waals surface area contributed by atoms with E-state index in [1.807, 2.05) is 61.5 Å². The molecule has 1 heterocycles. The smallest absolute Gasteiger partial charge is 0.259 e. The molecule has 4 rings (SSSR count). The minimum atomic E-state index is -0.709. The van der Waals surface area contributed by atoms with Crippen molar-refractivity contribution in [3.05, 3.63) is 71.8 Å². The first-order valence-corrected chi connectivity index (χ1v) is 11.0. The standard InChI is InChI=1S/C26H27N3O4/c1-4-27-25(31)17(2)28(15-18-8-5-11-20(14-18)33-3)23(30)16-29-22-13-7-10-19-9-6-12-21(24(19)22)26(29)32/h5-14,17H,4,15-16H2,1-3H3,(H,27,31)/t17-/m1/s1. The number of hydrogen-bond acceptors (Lipinski definition) is 4. The maximum Gasteiger partial charge on any atom is 0.259 e. The van der Waals surface area contributed by atoms with Crippen molar-refractivity contribution >= 4 is 34.2 Å². The number of nitrogens with zero attached hydrogens (tertiary/aromatic N) is 2. The highest BCUT2D eigenvalue weighted by Crippen LogP contribution is 2.37. The molecule has 0 saturated carbocycles. The largest absolute Gasteiger partial charge is 0.497 e. The summed E-state index contributed by atoms with van der Waals surface area (Å²) in [5.41, 5.74) is 2.14. The van der Waals surface area contributed by atoms with Crippen LogP contribution in [0, 0.1) is 0 Å². The van der Waals surface area contributed by atoms with Crippen LogP contribution in [-0.2, 0) is 16.1 Å². The Balaban J connectivity index is 1.63. The predicted octanol–water partition coefficient (Wildman–Crippen LogP) is 3.36. The van der Waals surface area contributed by atoms with Gasteiger partial charge in [0.25, 0.3) is 5.91 Å². The van der Waals surface area contributed by atoms with Crippen LogP contribution in [0.1, 0.15) is 29.8 Å². The Kier molecular flexibility index (Phi) is 6.31. The van der Waals surface area contributed by atoms with E-state index in [1.165, 1.54) is 9.80 Å². The Morgan fingerprint density at radius 1 is 1.09 bits per heavy atom. The summed E-state index contributed by atoms with van der Waals surface area (Å²) in [6.07, 6.45) is 0. The number of anilines is 1. The molecule has 0 bridgehead atoms. The first kappa shape index (κ1) is 22.3. The summed E-state index contributed by atoms with van der Waals surface area (Å²) in [7, 11) is 1.58. The third-order valence-electron chi connectivity index (χ3n) is 5.95. The average Bonchev–Trinajstić information content (AvgIpc) is 3.10. The molecular weight excluding hydrogens is 418 g/mol. The molecule has 7 heteroatoms. The number of likely N-dealkylation sites (N-methyl/N-ethyl adjacent to an activating group) is 1. The second kappa shape index (κ2) is 9.32. The van der Waals surface area contributed by atoms with Crippen molar-refractivity contribution in [2.45, 2.75) is 26.4 Å². The Labute approximate surface area is 192 Å². The van der Waals surface area contributed by atoms with E-state index in [2.05, 4.69) is 5.32 Å². The maximum absolute atomic E-state index is 13.5. The average molecular weight is 446 g/mol. The molecule has 0 radical (unpaired) electrons. The molecule has 7 nitrogen and oxygen atoms in total. The second-order valence-corrected chi connectivity index (χ2v) is 8.02. The lowest BCUT2D eigenvalue weighted by Gasteiger charge is -2.30. The quantitative estimate of drug-likeness (QED) is 0.577. The van der Waals surface area contributed by atoms with Crippen LogP contribution >= 0.6 is 0 Å². The van der Waals surface area contributed by atoms with E-state index in [9.17, 15) is 14.4 Å². The van der Waals surface area contributed by atoms with Gasteiger partial charge in [-0.15, -0.1) is 0 Å². The molecule has 1 N–H and O–H groups in total. The number of ether oxygens (including phenoxy) is 1. The summed E-state index contributed by atoms with van der Waals surface area (Å²) >= 11 is 0. The van der Waals surface area contributed by atoms with Crippen molar-refractivity contribution in [2.24, 2.45) is 0 Å². The lowest BCUT2D eigenvalue weighted by atomic mass is 10.1. The van der Waals surface area contributed by atoms with E-state index in [4.69, 9.17) is 4.74 Å². The molecule has 33 heavy (non-hydrogen) atoms. The number of carbonyl (C=O) groups excluding carboxylic acids is 3. The van der Waals surface area contributed by atoms with Crippen LogP contribution in [0.3, 0.4) is 0 Å². The second-order valence-electron chi connectivity index (χ2n) is 8.02. The van der Waals surface area contributed by atoms with E-state index in [1.54, 1.807) is 20.1 Å². The molecule has 0 aromatic heterocycles. The van der Waals surface area contributed by atoms with Crippen molar-refractivity contribution in [1.82, 2.24) is 10.2 Å². The number of benzene rings is 3. The van der Waals surface area contributed by atoms with Gasteiger partial charge in [0.05, 0.1) is 12.8 Å². The molecule has 0 aliphatic carbocycles. The van der Waals surface area contributed by atoms with Gasteiger partial charge in [-0.1, -0.05) is 36.4 Å². The number of carbonyl (C=O) groups is 3. The van der Waals surface area contributed by atoms with Crippen molar-refractivity contribution in [2.75, 3.05) is 25.1 Å². The molecule has 1 aliphatic rings. The highest BCUT2D eigenvalue weighted by Gasteiger charge is 2.34. The Morgan fingerprint density at radius 2 is 1.82 bits per heavy atom. The lowest BCUT2D eigenvalue weighted by Crippen LogP contribution is -2.50. The highest BCUT2D eigenvalue weighted by molar-refractivity contribution is 6.26. The van der Waals surface area contributed by atoms with E-state index < -0.39 is 6.04 Å². The van der Waals surface area contributed by atoms with Crippen molar-refractivity contribution in [1.29, 1.82) is 0 Å². The zero-order chi connectivity index (χ0) is 23.5. The summed E-state index contributed by atoms with van der Waals surface area (Å²) < 4.78 is 5.30. The molecule has 170 valence electrons. The van der Waals surface area contributed by atoms with Gasteiger partial charge < -0.3 is 15.0 Å². The Bertz CT molecular complexity index is 1220. The zero-order valence-corrected chi connectivity index (χ0v) is 19.0. The van der Waals surface area contributed by atoms with Crippen LogP contribution in [0.5, 0.6) is 5.75 Å². The van der Waals surface area contributed by atoms with Crippen LogP contribution in [-0.4, -0.2) is 48.9 Å². The molecule has 3 aromatic carbocycles. The van der Waals surface area contributed by atoms with Crippen LogP contribution in [0.25, 0.3) is 10.8 Å². The van der Waals surface area contributed by atoms with E-state index in [0.717, 1.165) is 16.3 Å². The predicted molar refractivity (Wildman–Crippen MR) is 127 cm³/mol. The van der Waals surface area contributed by atoms with Gasteiger partial charge in [0.15, 0.2) is 0 Å². The molecule has 1 atom stereocenters. The Morgan fingerprint density at radius 3 is 2.55 bits per heavy atom. The van der Waals surface area contributed by atoms with E-state index >= 15 is 0 Å². The molecule has 0 spiro atoms. The summed E-state index contributed by atoms with van der Waals surface area (Å²) in [5, 5.41) is 4.59. The fourth-order valence-corrected chi connectivity index (χ4v) is 4.23. The molecule has 3 aromatic rings. The zero-order valence-electron chi connectivity index (χ0n) is 19.0. The molecular formula is C26H27N3O4. The number of methoxy groups -OCH3 is 1. The number of hydrogen-bond donors (Lipinski definition) is 1. The SMILES string of the molecule is CCNC(=O)[C@@H](C)N(Cc1cccc(OC)c1)C(=O)CN1C(=O)c2cccc3cccc1c23. The number of nitrogens with one attached hydrogen (secondary N) is 1. The molecule has 0 unspecified atom stereocenters. The molecule has 3 amide bonds. The van der Waals surface area contributed by atoms with Crippen LogP contribution < -0.4 is 15.0 Å².